The number of halogens is 1. The molecule has 0 bridgehead atoms. The smallest absolute Gasteiger partial charge is 0.280 e. The number of hydrogen-bond acceptors (Lipinski definition) is 3. The van der Waals surface area contributed by atoms with Gasteiger partial charge in [0, 0.05) is 17.7 Å². The first-order valence-electron chi connectivity index (χ1n) is 5.15. The standard InChI is InChI=1S/C11H12BrN3O2S/c1-8-3-4-9(12)5-10(8)14-18(16,17)11-6-15(2)7-13-11/h3-7,14H,1-2H3. The third kappa shape index (κ3) is 2.73. The normalized spacial score (nSPS) is 11.5. The average molecular weight is 330 g/mol. The van der Waals surface area contributed by atoms with Crippen LogP contribution in [0.3, 0.4) is 0 Å². The van der Waals surface area contributed by atoms with Crippen molar-refractivity contribution in [3.63, 3.8) is 0 Å². The van der Waals surface area contributed by atoms with E-state index in [2.05, 4.69) is 25.6 Å². The number of sulfonamides is 1. The van der Waals surface area contributed by atoms with Gasteiger partial charge in [-0.1, -0.05) is 22.0 Å². The van der Waals surface area contributed by atoms with Crippen LogP contribution in [0.5, 0.6) is 0 Å². The number of aryl methyl sites for hydroxylation is 2. The van der Waals surface area contributed by atoms with Crippen LogP contribution in [0, 0.1) is 6.92 Å². The highest BCUT2D eigenvalue weighted by atomic mass is 79.9. The van der Waals surface area contributed by atoms with Crippen molar-refractivity contribution in [3.05, 3.63) is 40.8 Å². The van der Waals surface area contributed by atoms with E-state index >= 15 is 0 Å². The maximum Gasteiger partial charge on any atom is 0.280 e. The van der Waals surface area contributed by atoms with E-state index in [9.17, 15) is 8.42 Å². The van der Waals surface area contributed by atoms with E-state index < -0.39 is 10.0 Å². The molecule has 0 saturated heterocycles. The topological polar surface area (TPSA) is 64.0 Å². The molecule has 0 unspecified atom stereocenters. The number of hydrogen-bond donors (Lipinski definition) is 1. The molecular weight excluding hydrogens is 318 g/mol. The van der Waals surface area contributed by atoms with Gasteiger partial charge in [-0.25, -0.2) is 4.98 Å². The van der Waals surface area contributed by atoms with Gasteiger partial charge < -0.3 is 4.57 Å². The molecule has 5 nitrogen and oxygen atoms in total. The molecule has 0 amide bonds. The molecule has 0 saturated carbocycles. The summed E-state index contributed by atoms with van der Waals surface area (Å²) in [6.45, 7) is 1.84. The van der Waals surface area contributed by atoms with Crippen LogP contribution < -0.4 is 4.72 Å². The van der Waals surface area contributed by atoms with E-state index in [1.54, 1.807) is 17.7 Å². The highest BCUT2D eigenvalue weighted by Crippen LogP contribution is 2.23. The number of nitrogens with one attached hydrogen (secondary N) is 1. The minimum atomic E-state index is -3.63. The van der Waals surface area contributed by atoms with E-state index in [4.69, 9.17) is 0 Å². The fourth-order valence-electron chi connectivity index (χ4n) is 1.43. The zero-order chi connectivity index (χ0) is 13.3. The van der Waals surface area contributed by atoms with Crippen molar-refractivity contribution < 1.29 is 8.42 Å². The Morgan fingerprint density at radius 3 is 2.72 bits per heavy atom. The van der Waals surface area contributed by atoms with Gasteiger partial charge in [0.15, 0.2) is 5.03 Å². The Bertz CT molecular complexity index is 679. The van der Waals surface area contributed by atoms with Gasteiger partial charge in [0.1, 0.15) is 0 Å². The zero-order valence-electron chi connectivity index (χ0n) is 9.88. The molecule has 2 aromatic rings. The van der Waals surface area contributed by atoms with Crippen LogP contribution >= 0.6 is 15.9 Å². The summed E-state index contributed by atoms with van der Waals surface area (Å²) in [4.78, 5) is 3.84. The summed E-state index contributed by atoms with van der Waals surface area (Å²) in [5, 5.41) is 0.00405. The van der Waals surface area contributed by atoms with Crippen LogP contribution in [0.1, 0.15) is 5.56 Å². The number of nitrogens with zero attached hydrogens (tertiary/aromatic N) is 2. The van der Waals surface area contributed by atoms with Crippen molar-refractivity contribution in [2.45, 2.75) is 11.9 Å². The molecule has 18 heavy (non-hydrogen) atoms. The number of anilines is 1. The molecular formula is C11H12BrN3O2S. The lowest BCUT2D eigenvalue weighted by molar-refractivity contribution is 0.598. The second kappa shape index (κ2) is 4.74. The van der Waals surface area contributed by atoms with Crippen molar-refractivity contribution in [3.8, 4) is 0 Å². The molecule has 1 N–H and O–H groups in total. The van der Waals surface area contributed by atoms with Crippen molar-refractivity contribution in [2.24, 2.45) is 7.05 Å². The molecule has 2 rings (SSSR count). The van der Waals surface area contributed by atoms with Crippen LogP contribution in [0.4, 0.5) is 5.69 Å². The quantitative estimate of drug-likeness (QED) is 0.939. The van der Waals surface area contributed by atoms with Crippen LogP contribution in [-0.4, -0.2) is 18.0 Å². The summed E-state index contributed by atoms with van der Waals surface area (Å²) in [6, 6.07) is 5.41. The predicted molar refractivity (Wildman–Crippen MR) is 72.9 cm³/mol. The molecule has 0 fully saturated rings. The minimum absolute atomic E-state index is 0.00405. The van der Waals surface area contributed by atoms with Gasteiger partial charge in [-0.15, -0.1) is 0 Å². The Morgan fingerprint density at radius 1 is 1.39 bits per heavy atom. The molecule has 1 aromatic heterocycles. The van der Waals surface area contributed by atoms with Crippen molar-refractivity contribution >= 4 is 31.6 Å². The average Bonchev–Trinajstić information content (AvgIpc) is 2.71. The van der Waals surface area contributed by atoms with Gasteiger partial charge in [-0.3, -0.25) is 4.72 Å². The molecule has 0 aliphatic carbocycles. The van der Waals surface area contributed by atoms with Gasteiger partial charge in [0.25, 0.3) is 10.0 Å². The van der Waals surface area contributed by atoms with E-state index in [-0.39, 0.29) is 5.03 Å². The fourth-order valence-corrected chi connectivity index (χ4v) is 2.89. The second-order valence-electron chi connectivity index (χ2n) is 3.94. The third-order valence-electron chi connectivity index (χ3n) is 2.40. The predicted octanol–water partition coefficient (Wildman–Crippen LogP) is 2.29. The lowest BCUT2D eigenvalue weighted by Crippen LogP contribution is -2.14. The van der Waals surface area contributed by atoms with Gasteiger partial charge in [-0.2, -0.15) is 8.42 Å². The Kier molecular flexibility index (Phi) is 3.45. The minimum Gasteiger partial charge on any atom is -0.339 e. The molecule has 7 heteroatoms. The van der Waals surface area contributed by atoms with Crippen LogP contribution in [0.25, 0.3) is 0 Å². The van der Waals surface area contributed by atoms with E-state index in [1.165, 1.54) is 12.5 Å². The highest BCUT2D eigenvalue weighted by Gasteiger charge is 2.17. The van der Waals surface area contributed by atoms with Crippen LogP contribution in [0.2, 0.25) is 0 Å². The highest BCUT2D eigenvalue weighted by molar-refractivity contribution is 9.10. The first-order chi connectivity index (χ1) is 8.38. The number of benzene rings is 1. The van der Waals surface area contributed by atoms with Crippen LogP contribution in [-0.2, 0) is 17.1 Å². The summed E-state index contributed by atoms with van der Waals surface area (Å²) < 4.78 is 29.1. The number of aromatic nitrogens is 2. The first-order valence-corrected chi connectivity index (χ1v) is 7.43. The number of imidazole rings is 1. The van der Waals surface area contributed by atoms with Crippen LogP contribution in [0.15, 0.2) is 40.2 Å². The molecule has 1 heterocycles. The van der Waals surface area contributed by atoms with Crippen molar-refractivity contribution in [1.29, 1.82) is 0 Å². The third-order valence-corrected chi connectivity index (χ3v) is 4.14. The van der Waals surface area contributed by atoms with Gasteiger partial charge in [-0.05, 0) is 24.6 Å². The second-order valence-corrected chi connectivity index (χ2v) is 6.49. The maximum atomic E-state index is 12.1. The zero-order valence-corrected chi connectivity index (χ0v) is 12.3. The molecule has 0 radical (unpaired) electrons. The molecule has 0 spiro atoms. The molecule has 0 aliphatic rings. The molecule has 96 valence electrons. The summed E-state index contributed by atoms with van der Waals surface area (Å²) >= 11 is 3.31. The summed E-state index contributed by atoms with van der Waals surface area (Å²) in [5.74, 6) is 0. The molecule has 0 aliphatic heterocycles. The van der Waals surface area contributed by atoms with Crippen molar-refractivity contribution in [2.75, 3.05) is 4.72 Å². The summed E-state index contributed by atoms with van der Waals surface area (Å²) in [6.07, 6.45) is 2.90. The van der Waals surface area contributed by atoms with E-state index in [1.807, 2.05) is 19.1 Å². The largest absolute Gasteiger partial charge is 0.339 e. The lowest BCUT2D eigenvalue weighted by atomic mass is 10.2. The fraction of sp³-hybridized carbons (Fsp3) is 0.182. The Morgan fingerprint density at radius 2 is 2.11 bits per heavy atom. The maximum absolute atomic E-state index is 12.1. The van der Waals surface area contributed by atoms with Gasteiger partial charge >= 0.3 is 0 Å². The lowest BCUT2D eigenvalue weighted by Gasteiger charge is -2.09. The monoisotopic (exact) mass is 329 g/mol. The molecule has 0 atom stereocenters. The summed E-state index contributed by atoms with van der Waals surface area (Å²) in [7, 11) is -1.92. The van der Waals surface area contributed by atoms with Gasteiger partial charge in [0.2, 0.25) is 0 Å². The molecule has 1 aromatic carbocycles. The van der Waals surface area contributed by atoms with Gasteiger partial charge in [0.05, 0.1) is 12.0 Å². The van der Waals surface area contributed by atoms with Crippen molar-refractivity contribution in [1.82, 2.24) is 9.55 Å². The summed E-state index contributed by atoms with van der Waals surface area (Å²) in [5.41, 5.74) is 1.38. The Labute approximate surface area is 114 Å². The van der Waals surface area contributed by atoms with E-state index in [0.717, 1.165) is 10.0 Å². The first kappa shape index (κ1) is 13.1. The SMILES string of the molecule is Cc1ccc(Br)cc1NS(=O)(=O)c1cn(C)cn1. The van der Waals surface area contributed by atoms with E-state index in [0.29, 0.717) is 5.69 Å². The Balaban J connectivity index is 2.36. The Hall–Kier alpha value is -1.34. The number of rotatable bonds is 3.